The van der Waals surface area contributed by atoms with E-state index in [0.29, 0.717) is 40.7 Å². The number of fused-ring (bicyclic) bond motifs is 1. The first-order valence-corrected chi connectivity index (χ1v) is 9.78. The predicted molar refractivity (Wildman–Crippen MR) is 115 cm³/mol. The molecule has 0 unspecified atom stereocenters. The number of nitrogens with zero attached hydrogens (tertiary/aromatic N) is 2. The highest BCUT2D eigenvalue weighted by Crippen LogP contribution is 2.18. The van der Waals surface area contributed by atoms with E-state index in [0.717, 1.165) is 10.3 Å². The first-order valence-electron chi connectivity index (χ1n) is 9.78. The highest BCUT2D eigenvalue weighted by molar-refractivity contribution is 6.04. The number of amides is 1. The predicted octanol–water partition coefficient (Wildman–Crippen LogP) is 3.83. The summed E-state index contributed by atoms with van der Waals surface area (Å²) in [5, 5.41) is 2.84. The average Bonchev–Trinajstić information content (AvgIpc) is 3.15. The molecule has 0 aliphatic heterocycles. The molecular formula is C23H21N3O5. The van der Waals surface area contributed by atoms with E-state index < -0.39 is 0 Å². The maximum Gasteiger partial charge on any atom is 0.287 e. The molecule has 2 heterocycles. The zero-order chi connectivity index (χ0) is 21.8. The zero-order valence-corrected chi connectivity index (χ0v) is 17.1. The summed E-state index contributed by atoms with van der Waals surface area (Å²) in [6.45, 7) is 4.36. The van der Waals surface area contributed by atoms with Gasteiger partial charge in [-0.3, -0.25) is 9.59 Å². The fraction of sp³-hybridized carbons (Fsp3) is 0.174. The summed E-state index contributed by atoms with van der Waals surface area (Å²) >= 11 is 0. The van der Waals surface area contributed by atoms with Crippen LogP contribution in [0.3, 0.4) is 0 Å². The lowest BCUT2D eigenvalue weighted by atomic mass is 10.2. The quantitative estimate of drug-likeness (QED) is 0.489. The van der Waals surface area contributed by atoms with Gasteiger partial charge >= 0.3 is 0 Å². The molecule has 1 N–H and O–H groups in total. The molecule has 0 saturated carbocycles. The monoisotopic (exact) mass is 419 g/mol. The second kappa shape index (κ2) is 8.74. The Balaban J connectivity index is 1.37. The molecule has 0 radical (unpaired) electrons. The van der Waals surface area contributed by atoms with Crippen LogP contribution in [0, 0.1) is 6.92 Å². The van der Waals surface area contributed by atoms with Crippen LogP contribution >= 0.6 is 0 Å². The fourth-order valence-electron chi connectivity index (χ4n) is 3.01. The Morgan fingerprint density at radius 2 is 1.71 bits per heavy atom. The normalized spacial score (nSPS) is 10.8. The fourth-order valence-corrected chi connectivity index (χ4v) is 3.01. The number of ether oxygens (including phenoxy) is 2. The van der Waals surface area contributed by atoms with Gasteiger partial charge in [-0.1, -0.05) is 0 Å². The summed E-state index contributed by atoms with van der Waals surface area (Å²) in [6.07, 6.45) is 0. The minimum absolute atomic E-state index is 0.133. The van der Waals surface area contributed by atoms with E-state index >= 15 is 0 Å². The van der Waals surface area contributed by atoms with Crippen LogP contribution in [-0.4, -0.2) is 22.1 Å². The third-order valence-corrected chi connectivity index (χ3v) is 4.45. The third kappa shape index (κ3) is 4.75. The number of benzene rings is 2. The number of nitrogens with one attached hydrogen (secondary N) is 1. The minimum Gasteiger partial charge on any atom is -0.494 e. The van der Waals surface area contributed by atoms with Crippen LogP contribution < -0.4 is 20.3 Å². The molecule has 0 bridgehead atoms. The van der Waals surface area contributed by atoms with Crippen molar-refractivity contribution >= 4 is 17.2 Å². The summed E-state index contributed by atoms with van der Waals surface area (Å²) in [5.74, 6) is 1.69. The number of carbonyl (C=O) groups excluding carboxylic acids is 1. The van der Waals surface area contributed by atoms with Crippen molar-refractivity contribution in [3.63, 3.8) is 0 Å². The molecule has 31 heavy (non-hydrogen) atoms. The van der Waals surface area contributed by atoms with Crippen molar-refractivity contribution in [1.29, 1.82) is 0 Å². The molecule has 4 rings (SSSR count). The van der Waals surface area contributed by atoms with E-state index in [4.69, 9.17) is 14.0 Å². The van der Waals surface area contributed by atoms with Crippen molar-refractivity contribution in [1.82, 2.24) is 9.56 Å². The van der Waals surface area contributed by atoms with Gasteiger partial charge in [-0.15, -0.1) is 4.57 Å². The van der Waals surface area contributed by atoms with Gasteiger partial charge in [-0.05, 0) is 62.4 Å². The standard InChI is InChI=1S/C23H21N3O5/c1-3-29-19-8-4-16(5-9-19)23(28)25-17-6-10-20(11-7-17)30-14-18-13-22(27)26-21(24-18)12-15(2)31-26/h4-13H,3,14H2,1-2H3,(H,25,28). The number of hydrogen-bond donors (Lipinski definition) is 1. The van der Waals surface area contributed by atoms with Gasteiger partial charge in [-0.25, -0.2) is 4.98 Å². The van der Waals surface area contributed by atoms with Crippen molar-refractivity contribution in [3.8, 4) is 11.5 Å². The van der Waals surface area contributed by atoms with Crippen molar-refractivity contribution < 1.29 is 18.8 Å². The molecule has 2 aromatic heterocycles. The van der Waals surface area contributed by atoms with E-state index in [2.05, 4.69) is 10.3 Å². The molecule has 8 heteroatoms. The molecule has 0 fully saturated rings. The number of hydrogen-bond acceptors (Lipinski definition) is 6. The molecular weight excluding hydrogens is 398 g/mol. The number of anilines is 1. The Labute approximate surface area is 178 Å². The number of rotatable bonds is 7. The Morgan fingerprint density at radius 3 is 2.42 bits per heavy atom. The van der Waals surface area contributed by atoms with E-state index in [9.17, 15) is 9.59 Å². The topological polar surface area (TPSA) is 95.1 Å². The number of carbonyl (C=O) groups is 1. The van der Waals surface area contributed by atoms with Crippen LogP contribution in [0.5, 0.6) is 11.5 Å². The Kier molecular flexibility index (Phi) is 5.70. The van der Waals surface area contributed by atoms with Crippen LogP contribution in [0.25, 0.3) is 5.65 Å². The molecule has 158 valence electrons. The molecule has 8 nitrogen and oxygen atoms in total. The van der Waals surface area contributed by atoms with E-state index in [1.54, 1.807) is 61.5 Å². The van der Waals surface area contributed by atoms with Gasteiger partial charge in [0.05, 0.1) is 12.3 Å². The molecule has 2 aromatic carbocycles. The zero-order valence-electron chi connectivity index (χ0n) is 17.1. The molecule has 1 amide bonds. The highest BCUT2D eigenvalue weighted by atomic mass is 16.5. The first-order chi connectivity index (χ1) is 15.0. The number of aryl methyl sites for hydroxylation is 1. The van der Waals surface area contributed by atoms with Gasteiger partial charge in [0, 0.05) is 23.4 Å². The van der Waals surface area contributed by atoms with Crippen LogP contribution in [0.1, 0.15) is 28.7 Å². The lowest BCUT2D eigenvalue weighted by molar-refractivity contribution is 0.102. The van der Waals surface area contributed by atoms with Crippen molar-refractivity contribution in [2.75, 3.05) is 11.9 Å². The molecule has 0 spiro atoms. The molecule has 4 aromatic rings. The van der Waals surface area contributed by atoms with Crippen molar-refractivity contribution in [3.05, 3.63) is 88.0 Å². The summed E-state index contributed by atoms with van der Waals surface area (Å²) in [6, 6.07) is 17.0. The van der Waals surface area contributed by atoms with Crippen LogP contribution in [0.4, 0.5) is 5.69 Å². The maximum atomic E-state index is 12.4. The van der Waals surface area contributed by atoms with E-state index in [-0.39, 0.29) is 18.1 Å². The Hall–Kier alpha value is -4.07. The second-order valence-corrected chi connectivity index (χ2v) is 6.81. The molecule has 0 aliphatic rings. The van der Waals surface area contributed by atoms with E-state index in [1.165, 1.54) is 6.07 Å². The Morgan fingerprint density at radius 1 is 1.03 bits per heavy atom. The van der Waals surface area contributed by atoms with Gasteiger partial charge in [-0.2, -0.15) is 0 Å². The highest BCUT2D eigenvalue weighted by Gasteiger charge is 2.09. The lowest BCUT2D eigenvalue weighted by Gasteiger charge is -2.09. The largest absolute Gasteiger partial charge is 0.494 e. The summed E-state index contributed by atoms with van der Waals surface area (Å²) < 4.78 is 17.5. The van der Waals surface area contributed by atoms with E-state index in [1.807, 2.05) is 6.92 Å². The van der Waals surface area contributed by atoms with Crippen LogP contribution in [0.2, 0.25) is 0 Å². The summed E-state index contributed by atoms with van der Waals surface area (Å²) in [4.78, 5) is 28.8. The first kappa shape index (κ1) is 20.2. The lowest BCUT2D eigenvalue weighted by Crippen LogP contribution is -2.14. The van der Waals surface area contributed by atoms with Gasteiger partial charge in [0.2, 0.25) is 0 Å². The smallest absolute Gasteiger partial charge is 0.287 e. The average molecular weight is 419 g/mol. The molecule has 0 aliphatic carbocycles. The molecule has 0 atom stereocenters. The second-order valence-electron chi connectivity index (χ2n) is 6.81. The summed E-state index contributed by atoms with van der Waals surface area (Å²) in [7, 11) is 0. The van der Waals surface area contributed by atoms with Gasteiger partial charge in [0.15, 0.2) is 5.65 Å². The van der Waals surface area contributed by atoms with Crippen LogP contribution in [-0.2, 0) is 6.61 Å². The minimum atomic E-state index is -0.302. The maximum absolute atomic E-state index is 12.4. The third-order valence-electron chi connectivity index (χ3n) is 4.45. The van der Waals surface area contributed by atoms with Gasteiger partial charge in [0.1, 0.15) is 23.9 Å². The van der Waals surface area contributed by atoms with Gasteiger partial charge < -0.3 is 19.3 Å². The SMILES string of the molecule is CCOc1ccc(C(=O)Nc2ccc(OCc3cc(=O)n4oc(C)cc4n3)cc2)cc1. The van der Waals surface area contributed by atoms with Crippen molar-refractivity contribution in [2.45, 2.75) is 20.5 Å². The van der Waals surface area contributed by atoms with Crippen molar-refractivity contribution in [2.24, 2.45) is 0 Å². The van der Waals surface area contributed by atoms with Gasteiger partial charge in [0.25, 0.3) is 11.5 Å². The number of aromatic nitrogens is 2. The Bertz CT molecular complexity index is 1260. The van der Waals surface area contributed by atoms with Crippen LogP contribution in [0.15, 0.2) is 70.0 Å². The summed E-state index contributed by atoms with van der Waals surface area (Å²) in [5.41, 5.74) is 1.81. The molecule has 0 saturated heterocycles.